The molecule has 0 spiro atoms. The van der Waals surface area contributed by atoms with Crippen LogP contribution in [-0.4, -0.2) is 35.7 Å². The number of hydrogen-bond acceptors (Lipinski definition) is 3. The number of rotatable bonds is 7. The van der Waals surface area contributed by atoms with Gasteiger partial charge in [-0.1, -0.05) is 25.5 Å². The molecule has 0 bridgehead atoms. The van der Waals surface area contributed by atoms with Gasteiger partial charge in [0.1, 0.15) is 0 Å². The summed E-state index contributed by atoms with van der Waals surface area (Å²) in [5.74, 6) is -0.652. The number of nitrogens with zero attached hydrogens (tertiary/aromatic N) is 1. The molecule has 3 rings (SSSR count). The third-order valence-corrected chi connectivity index (χ3v) is 5.06. The zero-order chi connectivity index (χ0) is 20.8. The van der Waals surface area contributed by atoms with Gasteiger partial charge in [0.05, 0.1) is 5.92 Å². The van der Waals surface area contributed by atoms with E-state index in [1.807, 2.05) is 31.2 Å². The highest BCUT2D eigenvalue weighted by Crippen LogP contribution is 2.21. The molecule has 1 atom stereocenters. The summed E-state index contributed by atoms with van der Waals surface area (Å²) in [5.41, 5.74) is 2.93. The molecule has 2 aromatic rings. The van der Waals surface area contributed by atoms with Crippen LogP contribution in [0.4, 0.5) is 11.4 Å². The van der Waals surface area contributed by atoms with Crippen LogP contribution in [0.3, 0.4) is 0 Å². The summed E-state index contributed by atoms with van der Waals surface area (Å²) in [5, 5.41) is 5.72. The van der Waals surface area contributed by atoms with E-state index in [0.29, 0.717) is 24.3 Å². The lowest BCUT2D eigenvalue weighted by atomic mass is 10.1. The molecule has 0 saturated carbocycles. The fourth-order valence-electron chi connectivity index (χ4n) is 3.39. The number of aryl methyl sites for hydroxylation is 1. The fourth-order valence-corrected chi connectivity index (χ4v) is 3.39. The molecule has 6 nitrogen and oxygen atoms in total. The molecule has 29 heavy (non-hydrogen) atoms. The molecule has 1 heterocycles. The Kier molecular flexibility index (Phi) is 6.65. The Morgan fingerprint density at radius 2 is 1.83 bits per heavy atom. The fraction of sp³-hybridized carbons (Fsp3) is 0.348. The van der Waals surface area contributed by atoms with Crippen LogP contribution in [0.1, 0.15) is 42.1 Å². The second-order valence-electron chi connectivity index (χ2n) is 7.48. The number of carbonyl (C=O) groups excluding carboxylic acids is 3. The molecule has 1 saturated heterocycles. The number of amides is 3. The van der Waals surface area contributed by atoms with Crippen molar-refractivity contribution in [3.63, 3.8) is 0 Å². The van der Waals surface area contributed by atoms with E-state index in [4.69, 9.17) is 0 Å². The van der Waals surface area contributed by atoms with Gasteiger partial charge in [-0.2, -0.15) is 0 Å². The minimum absolute atomic E-state index is 0.0433. The number of unbranched alkanes of at least 4 members (excludes halogenated alkanes) is 1. The van der Waals surface area contributed by atoms with Gasteiger partial charge in [0.15, 0.2) is 0 Å². The predicted molar refractivity (Wildman–Crippen MR) is 114 cm³/mol. The van der Waals surface area contributed by atoms with Gasteiger partial charge in [-0.3, -0.25) is 14.4 Å². The van der Waals surface area contributed by atoms with E-state index in [0.717, 1.165) is 24.1 Å². The zero-order valence-corrected chi connectivity index (χ0v) is 16.9. The molecule has 1 fully saturated rings. The van der Waals surface area contributed by atoms with E-state index in [2.05, 4.69) is 17.6 Å². The second kappa shape index (κ2) is 9.37. The van der Waals surface area contributed by atoms with Crippen molar-refractivity contribution < 1.29 is 14.4 Å². The Morgan fingerprint density at radius 1 is 1.07 bits per heavy atom. The molecule has 1 aliphatic heterocycles. The van der Waals surface area contributed by atoms with Crippen molar-refractivity contribution in [1.82, 2.24) is 4.90 Å². The van der Waals surface area contributed by atoms with Gasteiger partial charge in [-0.05, 0) is 55.3 Å². The smallest absolute Gasteiger partial charge is 0.255 e. The molecule has 6 heteroatoms. The normalized spacial score (nSPS) is 16.0. The van der Waals surface area contributed by atoms with Gasteiger partial charge >= 0.3 is 0 Å². The van der Waals surface area contributed by atoms with Crippen LogP contribution >= 0.6 is 0 Å². The van der Waals surface area contributed by atoms with Crippen LogP contribution in [0.5, 0.6) is 0 Å². The number of benzene rings is 2. The lowest BCUT2D eigenvalue weighted by molar-refractivity contribution is -0.128. The van der Waals surface area contributed by atoms with E-state index in [1.54, 1.807) is 29.2 Å². The summed E-state index contributed by atoms with van der Waals surface area (Å²) in [7, 11) is 0. The third kappa shape index (κ3) is 5.44. The number of hydrogen-bond donors (Lipinski definition) is 2. The van der Waals surface area contributed by atoms with Crippen molar-refractivity contribution >= 4 is 29.1 Å². The van der Waals surface area contributed by atoms with E-state index < -0.39 is 0 Å². The maximum absolute atomic E-state index is 12.5. The van der Waals surface area contributed by atoms with Crippen LogP contribution in [0, 0.1) is 12.8 Å². The molecule has 2 aromatic carbocycles. The van der Waals surface area contributed by atoms with E-state index in [9.17, 15) is 14.4 Å². The first-order valence-electron chi connectivity index (χ1n) is 10.0. The molecular weight excluding hydrogens is 366 g/mol. The molecule has 152 valence electrons. The Morgan fingerprint density at radius 3 is 2.52 bits per heavy atom. The molecule has 1 unspecified atom stereocenters. The first-order chi connectivity index (χ1) is 14.0. The first-order valence-corrected chi connectivity index (χ1v) is 10.0. The minimum Gasteiger partial charge on any atom is -0.342 e. The largest absolute Gasteiger partial charge is 0.342 e. The highest BCUT2D eigenvalue weighted by Gasteiger charge is 2.33. The average Bonchev–Trinajstić information content (AvgIpc) is 3.07. The number of carbonyl (C=O) groups is 3. The van der Waals surface area contributed by atoms with Gasteiger partial charge in [-0.25, -0.2) is 0 Å². The van der Waals surface area contributed by atoms with Crippen molar-refractivity contribution in [3.8, 4) is 0 Å². The Hall–Kier alpha value is -3.15. The molecule has 1 aliphatic rings. The molecule has 0 aliphatic carbocycles. The van der Waals surface area contributed by atoms with Gasteiger partial charge in [0, 0.05) is 36.4 Å². The topological polar surface area (TPSA) is 78.5 Å². The second-order valence-corrected chi connectivity index (χ2v) is 7.48. The molecular formula is C23H27N3O3. The maximum Gasteiger partial charge on any atom is 0.255 e. The Labute approximate surface area is 171 Å². The van der Waals surface area contributed by atoms with Crippen LogP contribution < -0.4 is 10.6 Å². The standard InChI is InChI=1S/C23H27N3O3/c1-3-4-12-26-15-18(14-21(26)27)23(29)24-19-10-8-17(9-11-19)22(28)25-20-7-5-6-16(2)13-20/h5-11,13,18H,3-4,12,14-15H2,1-2H3,(H,24,29)(H,25,28). The average molecular weight is 393 g/mol. The van der Waals surface area contributed by atoms with Gasteiger partial charge in [0.25, 0.3) is 5.91 Å². The van der Waals surface area contributed by atoms with Crippen molar-refractivity contribution in [2.75, 3.05) is 23.7 Å². The number of likely N-dealkylation sites (tertiary alicyclic amines) is 1. The van der Waals surface area contributed by atoms with Crippen LogP contribution in [0.15, 0.2) is 48.5 Å². The minimum atomic E-state index is -0.330. The lowest BCUT2D eigenvalue weighted by Gasteiger charge is -2.16. The Bertz CT molecular complexity index is 892. The SMILES string of the molecule is CCCCN1CC(C(=O)Nc2ccc(C(=O)Nc3cccc(C)c3)cc2)CC1=O. The number of nitrogens with one attached hydrogen (secondary N) is 2. The van der Waals surface area contributed by atoms with Crippen molar-refractivity contribution in [1.29, 1.82) is 0 Å². The van der Waals surface area contributed by atoms with E-state index in [1.165, 1.54) is 0 Å². The Balaban J connectivity index is 1.55. The van der Waals surface area contributed by atoms with E-state index in [-0.39, 0.29) is 30.1 Å². The molecule has 0 aromatic heterocycles. The third-order valence-electron chi connectivity index (χ3n) is 5.06. The summed E-state index contributed by atoms with van der Waals surface area (Å²) in [6.07, 6.45) is 2.23. The van der Waals surface area contributed by atoms with Crippen LogP contribution in [0.2, 0.25) is 0 Å². The first kappa shape index (κ1) is 20.6. The molecule has 2 N–H and O–H groups in total. The summed E-state index contributed by atoms with van der Waals surface area (Å²) in [6, 6.07) is 14.4. The monoisotopic (exact) mass is 393 g/mol. The highest BCUT2D eigenvalue weighted by atomic mass is 16.2. The zero-order valence-electron chi connectivity index (χ0n) is 16.9. The summed E-state index contributed by atoms with van der Waals surface area (Å²) in [4.78, 5) is 38.7. The summed E-state index contributed by atoms with van der Waals surface area (Å²) >= 11 is 0. The maximum atomic E-state index is 12.5. The van der Waals surface area contributed by atoms with Crippen molar-refractivity contribution in [2.24, 2.45) is 5.92 Å². The van der Waals surface area contributed by atoms with Crippen molar-refractivity contribution in [2.45, 2.75) is 33.1 Å². The van der Waals surface area contributed by atoms with Gasteiger partial charge in [0.2, 0.25) is 11.8 Å². The number of anilines is 2. The lowest BCUT2D eigenvalue weighted by Crippen LogP contribution is -2.29. The van der Waals surface area contributed by atoms with Gasteiger partial charge < -0.3 is 15.5 Å². The molecule has 0 radical (unpaired) electrons. The van der Waals surface area contributed by atoms with Crippen LogP contribution in [0.25, 0.3) is 0 Å². The molecule has 3 amide bonds. The van der Waals surface area contributed by atoms with Crippen LogP contribution in [-0.2, 0) is 9.59 Å². The quantitative estimate of drug-likeness (QED) is 0.750. The van der Waals surface area contributed by atoms with Gasteiger partial charge in [-0.15, -0.1) is 0 Å². The predicted octanol–water partition coefficient (Wildman–Crippen LogP) is 3.83. The summed E-state index contributed by atoms with van der Waals surface area (Å²) in [6.45, 7) is 5.23. The van der Waals surface area contributed by atoms with E-state index >= 15 is 0 Å². The van der Waals surface area contributed by atoms with Crippen molar-refractivity contribution in [3.05, 3.63) is 59.7 Å². The summed E-state index contributed by atoms with van der Waals surface area (Å²) < 4.78 is 0. The highest BCUT2D eigenvalue weighted by molar-refractivity contribution is 6.05.